The van der Waals surface area contributed by atoms with Gasteiger partial charge in [0.05, 0.1) is 24.9 Å². The van der Waals surface area contributed by atoms with Crippen LogP contribution in [0.15, 0.2) is 24.5 Å². The third-order valence-corrected chi connectivity index (χ3v) is 3.39. The molecule has 0 saturated carbocycles. The van der Waals surface area contributed by atoms with Crippen molar-refractivity contribution < 1.29 is 9.47 Å². The minimum absolute atomic E-state index is 0.483. The maximum atomic E-state index is 6.11. The fraction of sp³-hybridized carbons (Fsp3) is 0.375. The molecule has 0 unspecified atom stereocenters. The number of anilines is 3. The van der Waals surface area contributed by atoms with E-state index in [1.165, 1.54) is 6.33 Å². The Balaban J connectivity index is 2.23. The van der Waals surface area contributed by atoms with Crippen LogP contribution in [0.5, 0.6) is 11.5 Å². The Morgan fingerprint density at radius 2 is 1.74 bits per heavy atom. The minimum Gasteiger partial charge on any atom is -0.495 e. The molecule has 0 spiro atoms. The van der Waals surface area contributed by atoms with E-state index in [9.17, 15) is 0 Å². The second-order valence-electron chi connectivity index (χ2n) is 5.38. The van der Waals surface area contributed by atoms with Crippen LogP contribution < -0.4 is 20.1 Å². The van der Waals surface area contributed by atoms with Gasteiger partial charge in [-0.05, 0) is 5.92 Å². The fourth-order valence-electron chi connectivity index (χ4n) is 1.93. The number of rotatable bonds is 7. The molecule has 0 bridgehead atoms. The Bertz CT molecular complexity index is 665. The number of benzene rings is 1. The maximum Gasteiger partial charge on any atom is 0.144 e. The van der Waals surface area contributed by atoms with Crippen molar-refractivity contribution in [3.63, 3.8) is 0 Å². The first-order chi connectivity index (χ1) is 11.0. The summed E-state index contributed by atoms with van der Waals surface area (Å²) in [5.74, 6) is 3.10. The van der Waals surface area contributed by atoms with Gasteiger partial charge < -0.3 is 20.1 Å². The summed E-state index contributed by atoms with van der Waals surface area (Å²) in [6.45, 7) is 5.12. The van der Waals surface area contributed by atoms with Crippen molar-refractivity contribution in [3.05, 3.63) is 29.5 Å². The molecule has 0 fully saturated rings. The van der Waals surface area contributed by atoms with Gasteiger partial charge in [-0.15, -0.1) is 0 Å². The average molecular weight is 337 g/mol. The van der Waals surface area contributed by atoms with Crippen LogP contribution in [-0.2, 0) is 0 Å². The molecule has 2 aromatic rings. The fourth-order valence-corrected chi connectivity index (χ4v) is 2.16. The van der Waals surface area contributed by atoms with Crippen LogP contribution in [0.2, 0.25) is 5.02 Å². The van der Waals surface area contributed by atoms with Gasteiger partial charge in [-0.1, -0.05) is 25.4 Å². The first-order valence-electron chi connectivity index (χ1n) is 7.28. The van der Waals surface area contributed by atoms with Gasteiger partial charge in [0.2, 0.25) is 0 Å². The van der Waals surface area contributed by atoms with E-state index in [1.807, 2.05) is 6.07 Å². The second-order valence-corrected chi connectivity index (χ2v) is 5.78. The summed E-state index contributed by atoms with van der Waals surface area (Å²) >= 11 is 6.11. The lowest BCUT2D eigenvalue weighted by Crippen LogP contribution is -2.09. The van der Waals surface area contributed by atoms with Crippen molar-refractivity contribution in [1.82, 2.24) is 9.97 Å². The Morgan fingerprint density at radius 1 is 1.04 bits per heavy atom. The molecule has 0 aliphatic heterocycles. The van der Waals surface area contributed by atoms with Gasteiger partial charge in [-0.3, -0.25) is 0 Å². The SMILES string of the molecule is COc1cc(Nc2cc(NCC(C)C)ncn2)c(OC)cc1Cl. The summed E-state index contributed by atoms with van der Waals surface area (Å²) in [6, 6.07) is 5.30. The van der Waals surface area contributed by atoms with Crippen molar-refractivity contribution >= 4 is 28.9 Å². The van der Waals surface area contributed by atoms with Crippen molar-refractivity contribution in [3.8, 4) is 11.5 Å². The molecule has 0 atom stereocenters. The molecule has 2 rings (SSSR count). The molecule has 0 aliphatic carbocycles. The molecule has 0 aliphatic rings. The van der Waals surface area contributed by atoms with Gasteiger partial charge in [0.1, 0.15) is 29.5 Å². The van der Waals surface area contributed by atoms with Gasteiger partial charge in [0, 0.05) is 24.7 Å². The zero-order valence-corrected chi connectivity index (χ0v) is 14.4. The maximum absolute atomic E-state index is 6.11. The van der Waals surface area contributed by atoms with E-state index in [-0.39, 0.29) is 0 Å². The normalized spacial score (nSPS) is 10.5. The number of methoxy groups -OCH3 is 2. The summed E-state index contributed by atoms with van der Waals surface area (Å²) in [6.07, 6.45) is 1.50. The third-order valence-electron chi connectivity index (χ3n) is 3.10. The molecule has 2 N–H and O–H groups in total. The molecule has 23 heavy (non-hydrogen) atoms. The molecule has 7 heteroatoms. The van der Waals surface area contributed by atoms with Crippen LogP contribution in [-0.4, -0.2) is 30.7 Å². The highest BCUT2D eigenvalue weighted by molar-refractivity contribution is 6.32. The van der Waals surface area contributed by atoms with Crippen LogP contribution >= 0.6 is 11.6 Å². The number of hydrogen-bond acceptors (Lipinski definition) is 6. The molecule has 0 saturated heterocycles. The van der Waals surface area contributed by atoms with E-state index in [1.54, 1.807) is 26.4 Å². The second kappa shape index (κ2) is 7.87. The lowest BCUT2D eigenvalue weighted by Gasteiger charge is -2.14. The molecule has 124 valence electrons. The zero-order chi connectivity index (χ0) is 16.8. The lowest BCUT2D eigenvalue weighted by molar-refractivity contribution is 0.405. The molecule has 1 aromatic carbocycles. The summed E-state index contributed by atoms with van der Waals surface area (Å²) in [7, 11) is 3.15. The van der Waals surface area contributed by atoms with Crippen LogP contribution in [0, 0.1) is 5.92 Å². The summed E-state index contributed by atoms with van der Waals surface area (Å²) < 4.78 is 10.6. The highest BCUT2D eigenvalue weighted by Gasteiger charge is 2.11. The monoisotopic (exact) mass is 336 g/mol. The Morgan fingerprint density at radius 3 is 2.39 bits per heavy atom. The third kappa shape index (κ3) is 4.63. The van der Waals surface area contributed by atoms with E-state index in [4.69, 9.17) is 21.1 Å². The molecule has 6 nitrogen and oxygen atoms in total. The number of nitrogens with zero attached hydrogens (tertiary/aromatic N) is 2. The number of nitrogens with one attached hydrogen (secondary N) is 2. The van der Waals surface area contributed by atoms with Crippen LogP contribution in [0.4, 0.5) is 17.3 Å². The van der Waals surface area contributed by atoms with Gasteiger partial charge in [0.25, 0.3) is 0 Å². The quantitative estimate of drug-likeness (QED) is 0.797. The van der Waals surface area contributed by atoms with Crippen LogP contribution in [0.1, 0.15) is 13.8 Å². The largest absolute Gasteiger partial charge is 0.495 e. The number of ether oxygens (including phenoxy) is 2. The first kappa shape index (κ1) is 17.1. The first-order valence-corrected chi connectivity index (χ1v) is 7.65. The zero-order valence-electron chi connectivity index (χ0n) is 13.7. The highest BCUT2D eigenvalue weighted by Crippen LogP contribution is 2.37. The summed E-state index contributed by atoms with van der Waals surface area (Å²) in [5.41, 5.74) is 0.710. The molecular formula is C16H21ClN4O2. The van der Waals surface area contributed by atoms with E-state index in [0.29, 0.717) is 33.9 Å². The minimum atomic E-state index is 0.483. The van der Waals surface area contributed by atoms with Gasteiger partial charge >= 0.3 is 0 Å². The van der Waals surface area contributed by atoms with Crippen molar-refractivity contribution in [2.75, 3.05) is 31.4 Å². The number of halogens is 1. The molecule has 1 aromatic heterocycles. The Hall–Kier alpha value is -2.21. The van der Waals surface area contributed by atoms with Crippen LogP contribution in [0.3, 0.4) is 0 Å². The van der Waals surface area contributed by atoms with Crippen LogP contribution in [0.25, 0.3) is 0 Å². The number of aromatic nitrogens is 2. The van der Waals surface area contributed by atoms with Gasteiger partial charge in [-0.2, -0.15) is 0 Å². The molecular weight excluding hydrogens is 316 g/mol. The van der Waals surface area contributed by atoms with Crippen molar-refractivity contribution in [2.45, 2.75) is 13.8 Å². The van der Waals surface area contributed by atoms with E-state index < -0.39 is 0 Å². The standard InChI is InChI=1S/C16H21ClN4O2/c1-10(2)8-18-15-7-16(20-9-19-15)21-12-6-13(22-3)11(17)5-14(12)23-4/h5-7,9-10H,8H2,1-4H3,(H2,18,19,20,21). The van der Waals surface area contributed by atoms with Gasteiger partial charge in [0.15, 0.2) is 0 Å². The Labute approximate surface area is 141 Å². The molecule has 0 radical (unpaired) electrons. The number of hydrogen-bond donors (Lipinski definition) is 2. The predicted octanol–water partition coefficient (Wildman–Crippen LogP) is 3.96. The van der Waals surface area contributed by atoms with Gasteiger partial charge in [-0.25, -0.2) is 9.97 Å². The predicted molar refractivity (Wildman–Crippen MR) is 93.2 cm³/mol. The molecule has 1 heterocycles. The van der Waals surface area contributed by atoms with E-state index in [2.05, 4.69) is 34.4 Å². The summed E-state index contributed by atoms with van der Waals surface area (Å²) in [4.78, 5) is 8.43. The summed E-state index contributed by atoms with van der Waals surface area (Å²) in [5, 5.41) is 6.94. The molecule has 0 amide bonds. The highest BCUT2D eigenvalue weighted by atomic mass is 35.5. The van der Waals surface area contributed by atoms with E-state index in [0.717, 1.165) is 12.4 Å². The lowest BCUT2D eigenvalue weighted by atomic mass is 10.2. The van der Waals surface area contributed by atoms with Crippen molar-refractivity contribution in [2.24, 2.45) is 5.92 Å². The smallest absolute Gasteiger partial charge is 0.144 e. The average Bonchev–Trinajstić information content (AvgIpc) is 2.54. The Kier molecular flexibility index (Phi) is 5.87. The topological polar surface area (TPSA) is 68.3 Å². The van der Waals surface area contributed by atoms with Crippen molar-refractivity contribution in [1.29, 1.82) is 0 Å². The van der Waals surface area contributed by atoms with E-state index >= 15 is 0 Å².